The van der Waals surface area contributed by atoms with E-state index in [0.717, 1.165) is 6.42 Å². The van der Waals surface area contributed by atoms with E-state index in [1.54, 1.807) is 24.3 Å². The maximum atomic E-state index is 11.8. The highest BCUT2D eigenvalue weighted by molar-refractivity contribution is 7.92. The highest BCUT2D eigenvalue weighted by atomic mass is 32.2. The van der Waals surface area contributed by atoms with Crippen molar-refractivity contribution in [1.29, 1.82) is 0 Å². The van der Waals surface area contributed by atoms with Crippen LogP contribution in [-0.4, -0.2) is 26.1 Å². The van der Waals surface area contributed by atoms with Crippen molar-refractivity contribution in [3.63, 3.8) is 0 Å². The number of sulfonamides is 1. The van der Waals surface area contributed by atoms with E-state index in [1.807, 2.05) is 13.8 Å². The van der Waals surface area contributed by atoms with Crippen LogP contribution < -0.4 is 15.8 Å². The van der Waals surface area contributed by atoms with Crippen molar-refractivity contribution in [2.24, 2.45) is 5.73 Å². The van der Waals surface area contributed by atoms with Crippen LogP contribution >= 0.6 is 0 Å². The molecule has 0 heterocycles. The summed E-state index contributed by atoms with van der Waals surface area (Å²) in [6.45, 7) is 3.80. The molecule has 1 atom stereocenters. The van der Waals surface area contributed by atoms with Gasteiger partial charge in [-0.15, -0.1) is 0 Å². The Labute approximate surface area is 132 Å². The highest BCUT2D eigenvalue weighted by Crippen LogP contribution is 2.15. The molecule has 6 nitrogen and oxygen atoms in total. The number of rotatable bonds is 9. The Morgan fingerprint density at radius 1 is 1.23 bits per heavy atom. The zero-order chi connectivity index (χ0) is 16.6. The minimum Gasteiger partial charge on any atom is -0.328 e. The van der Waals surface area contributed by atoms with Gasteiger partial charge < -0.3 is 11.1 Å². The smallest absolute Gasteiger partial charge is 0.232 e. The SMILES string of the molecule is CCCCS(=O)(=O)Nc1ccc(NC(=O)CCC(C)N)cc1. The zero-order valence-electron chi connectivity index (χ0n) is 13.1. The van der Waals surface area contributed by atoms with Crippen molar-refractivity contribution in [1.82, 2.24) is 0 Å². The molecule has 0 radical (unpaired) electrons. The average molecular weight is 327 g/mol. The maximum Gasteiger partial charge on any atom is 0.232 e. The number of carbonyl (C=O) groups is 1. The molecule has 0 aromatic heterocycles. The van der Waals surface area contributed by atoms with Gasteiger partial charge in [0.25, 0.3) is 0 Å². The first-order chi connectivity index (χ1) is 10.3. The molecule has 1 aromatic rings. The summed E-state index contributed by atoms with van der Waals surface area (Å²) in [5, 5.41) is 2.75. The van der Waals surface area contributed by atoms with Gasteiger partial charge >= 0.3 is 0 Å². The van der Waals surface area contributed by atoms with E-state index in [4.69, 9.17) is 5.73 Å². The fourth-order valence-corrected chi connectivity index (χ4v) is 3.03. The van der Waals surface area contributed by atoms with E-state index in [0.29, 0.717) is 30.6 Å². The third kappa shape index (κ3) is 7.42. The normalized spacial score (nSPS) is 12.7. The Morgan fingerprint density at radius 3 is 2.36 bits per heavy atom. The standard InChI is InChI=1S/C15H25N3O3S/c1-3-4-11-22(20,21)18-14-8-6-13(7-9-14)17-15(19)10-5-12(2)16/h6-9,12,18H,3-5,10-11,16H2,1-2H3,(H,17,19). The number of nitrogens with two attached hydrogens (primary N) is 1. The Morgan fingerprint density at radius 2 is 1.82 bits per heavy atom. The summed E-state index contributed by atoms with van der Waals surface area (Å²) in [5.74, 6) is 0.00721. The summed E-state index contributed by atoms with van der Waals surface area (Å²) in [7, 11) is -3.30. The molecule has 124 valence electrons. The number of anilines is 2. The van der Waals surface area contributed by atoms with Crippen LogP contribution in [0.3, 0.4) is 0 Å². The predicted molar refractivity (Wildman–Crippen MR) is 90.3 cm³/mol. The third-order valence-electron chi connectivity index (χ3n) is 3.04. The van der Waals surface area contributed by atoms with Crippen LogP contribution in [0.15, 0.2) is 24.3 Å². The van der Waals surface area contributed by atoms with E-state index in [2.05, 4.69) is 10.0 Å². The van der Waals surface area contributed by atoms with Crippen LogP contribution in [0, 0.1) is 0 Å². The van der Waals surface area contributed by atoms with Gasteiger partial charge in [0, 0.05) is 23.8 Å². The Balaban J connectivity index is 2.54. The first-order valence-electron chi connectivity index (χ1n) is 7.48. The fraction of sp³-hybridized carbons (Fsp3) is 0.533. The maximum absolute atomic E-state index is 11.8. The van der Waals surface area contributed by atoms with E-state index >= 15 is 0 Å². The minimum atomic E-state index is -3.30. The molecule has 0 saturated carbocycles. The molecule has 0 aliphatic heterocycles. The average Bonchev–Trinajstić information content (AvgIpc) is 2.45. The van der Waals surface area contributed by atoms with Gasteiger partial charge in [-0.25, -0.2) is 8.42 Å². The Bertz CT molecular complexity index is 568. The van der Waals surface area contributed by atoms with Gasteiger partial charge in [-0.3, -0.25) is 9.52 Å². The van der Waals surface area contributed by atoms with Crippen LogP contribution in [0.4, 0.5) is 11.4 Å². The number of amides is 1. The number of hydrogen-bond donors (Lipinski definition) is 3. The first-order valence-corrected chi connectivity index (χ1v) is 9.13. The Hall–Kier alpha value is -1.60. The number of nitrogens with one attached hydrogen (secondary N) is 2. The lowest BCUT2D eigenvalue weighted by atomic mass is 10.2. The number of hydrogen-bond acceptors (Lipinski definition) is 4. The summed E-state index contributed by atoms with van der Waals surface area (Å²) in [4.78, 5) is 11.7. The topological polar surface area (TPSA) is 101 Å². The van der Waals surface area contributed by atoms with Crippen molar-refractivity contribution >= 4 is 27.3 Å². The van der Waals surface area contributed by atoms with E-state index in [9.17, 15) is 13.2 Å². The Kier molecular flexibility index (Phi) is 7.34. The lowest BCUT2D eigenvalue weighted by Gasteiger charge is -2.10. The third-order valence-corrected chi connectivity index (χ3v) is 4.41. The molecule has 1 amide bonds. The molecule has 0 bridgehead atoms. The molecule has 4 N–H and O–H groups in total. The van der Waals surface area contributed by atoms with Gasteiger partial charge in [0.2, 0.25) is 15.9 Å². The van der Waals surface area contributed by atoms with Crippen molar-refractivity contribution in [2.75, 3.05) is 15.8 Å². The lowest BCUT2D eigenvalue weighted by molar-refractivity contribution is -0.116. The summed E-state index contributed by atoms with van der Waals surface area (Å²) < 4.78 is 26.1. The summed E-state index contributed by atoms with van der Waals surface area (Å²) in [6, 6.07) is 6.59. The minimum absolute atomic E-state index is 0.00865. The van der Waals surface area contributed by atoms with Crippen molar-refractivity contribution in [2.45, 2.75) is 45.6 Å². The van der Waals surface area contributed by atoms with Gasteiger partial charge in [0.1, 0.15) is 0 Å². The van der Waals surface area contributed by atoms with Crippen LogP contribution in [0.5, 0.6) is 0 Å². The molecule has 1 rings (SSSR count). The molecule has 1 aromatic carbocycles. The summed E-state index contributed by atoms with van der Waals surface area (Å²) in [5.41, 5.74) is 6.72. The molecular weight excluding hydrogens is 302 g/mol. The monoisotopic (exact) mass is 327 g/mol. The molecule has 0 saturated heterocycles. The second kappa shape index (κ2) is 8.75. The summed E-state index contributed by atoms with van der Waals surface area (Å²) >= 11 is 0. The predicted octanol–water partition coefficient (Wildman–Crippen LogP) is 2.29. The zero-order valence-corrected chi connectivity index (χ0v) is 13.9. The lowest BCUT2D eigenvalue weighted by Crippen LogP contribution is -2.19. The van der Waals surface area contributed by atoms with Crippen LogP contribution in [0.25, 0.3) is 0 Å². The van der Waals surface area contributed by atoms with Gasteiger partial charge in [0.05, 0.1) is 5.75 Å². The first kappa shape index (κ1) is 18.4. The molecule has 0 spiro atoms. The van der Waals surface area contributed by atoms with Crippen LogP contribution in [0.2, 0.25) is 0 Å². The van der Waals surface area contributed by atoms with Gasteiger partial charge in [-0.2, -0.15) is 0 Å². The van der Waals surface area contributed by atoms with Gasteiger partial charge in [0.15, 0.2) is 0 Å². The van der Waals surface area contributed by atoms with Gasteiger partial charge in [-0.1, -0.05) is 13.3 Å². The molecule has 0 aliphatic rings. The number of unbranched alkanes of at least 4 members (excludes halogenated alkanes) is 1. The molecule has 0 fully saturated rings. The van der Waals surface area contributed by atoms with Crippen molar-refractivity contribution in [3.8, 4) is 0 Å². The fourth-order valence-electron chi connectivity index (χ4n) is 1.77. The van der Waals surface area contributed by atoms with Crippen molar-refractivity contribution < 1.29 is 13.2 Å². The molecular formula is C15H25N3O3S. The van der Waals surface area contributed by atoms with Gasteiger partial charge in [-0.05, 0) is 44.0 Å². The van der Waals surface area contributed by atoms with E-state index < -0.39 is 10.0 Å². The number of benzene rings is 1. The molecule has 0 aliphatic carbocycles. The number of carbonyl (C=O) groups excluding carboxylic acids is 1. The van der Waals surface area contributed by atoms with Crippen LogP contribution in [0.1, 0.15) is 39.5 Å². The quantitative estimate of drug-likeness (QED) is 0.647. The largest absolute Gasteiger partial charge is 0.328 e. The summed E-state index contributed by atoms with van der Waals surface area (Å²) in [6.07, 6.45) is 2.44. The van der Waals surface area contributed by atoms with Crippen LogP contribution in [-0.2, 0) is 14.8 Å². The van der Waals surface area contributed by atoms with Crippen molar-refractivity contribution in [3.05, 3.63) is 24.3 Å². The highest BCUT2D eigenvalue weighted by Gasteiger charge is 2.09. The molecule has 1 unspecified atom stereocenters. The second-order valence-electron chi connectivity index (χ2n) is 5.42. The van der Waals surface area contributed by atoms with E-state index in [-0.39, 0.29) is 17.7 Å². The van der Waals surface area contributed by atoms with E-state index in [1.165, 1.54) is 0 Å². The molecule has 7 heteroatoms. The second-order valence-corrected chi connectivity index (χ2v) is 7.26. The molecule has 22 heavy (non-hydrogen) atoms.